The van der Waals surface area contributed by atoms with Crippen LogP contribution in [0.2, 0.25) is 0 Å². The van der Waals surface area contributed by atoms with Crippen molar-refractivity contribution < 1.29 is 29.0 Å². The van der Waals surface area contributed by atoms with Crippen molar-refractivity contribution >= 4 is 18.0 Å². The third-order valence-electron chi connectivity index (χ3n) is 2.12. The lowest BCUT2D eigenvalue weighted by Gasteiger charge is -2.08. The molecule has 0 aliphatic rings. The van der Waals surface area contributed by atoms with Crippen LogP contribution < -0.4 is 5.32 Å². The number of carbonyl (C=O) groups is 3. The van der Waals surface area contributed by atoms with Crippen molar-refractivity contribution in [1.29, 1.82) is 0 Å². The molecule has 7 nitrogen and oxygen atoms in total. The number of nitrogens with one attached hydrogen (secondary N) is 1. The number of carboxylic acids is 1. The van der Waals surface area contributed by atoms with Gasteiger partial charge in [-0.25, -0.2) is 14.4 Å². The van der Waals surface area contributed by atoms with E-state index in [-0.39, 0.29) is 6.61 Å². The maximum atomic E-state index is 11.5. The van der Waals surface area contributed by atoms with Gasteiger partial charge in [0.05, 0.1) is 13.2 Å². The highest BCUT2D eigenvalue weighted by molar-refractivity contribution is 5.97. The summed E-state index contributed by atoms with van der Waals surface area (Å²) < 4.78 is 9.18. The summed E-state index contributed by atoms with van der Waals surface area (Å²) in [6, 6.07) is 8.87. The number of carbonyl (C=O) groups excluding carboxylic acids is 2. The second-order valence-electron chi connectivity index (χ2n) is 3.57. The fourth-order valence-corrected chi connectivity index (χ4v) is 1.25. The first kappa shape index (κ1) is 15.2. The fourth-order valence-electron chi connectivity index (χ4n) is 1.25. The molecule has 0 saturated heterocycles. The smallest absolute Gasteiger partial charge is 0.412 e. The van der Waals surface area contributed by atoms with Crippen molar-refractivity contribution in [3.8, 4) is 0 Å². The molecule has 0 fully saturated rings. The van der Waals surface area contributed by atoms with Gasteiger partial charge in [0, 0.05) is 0 Å². The minimum absolute atomic E-state index is 0.00576. The van der Waals surface area contributed by atoms with Gasteiger partial charge in [-0.05, 0) is 5.56 Å². The van der Waals surface area contributed by atoms with Gasteiger partial charge < -0.3 is 14.6 Å². The molecule has 0 unspecified atom stereocenters. The van der Waals surface area contributed by atoms with E-state index in [9.17, 15) is 14.4 Å². The Morgan fingerprint density at radius 1 is 1.25 bits per heavy atom. The monoisotopic (exact) mass is 279 g/mol. The number of rotatable bonds is 5. The van der Waals surface area contributed by atoms with Gasteiger partial charge in [-0.15, -0.1) is 0 Å². The summed E-state index contributed by atoms with van der Waals surface area (Å²) >= 11 is 0. The number of hydrogen-bond donors (Lipinski definition) is 2. The zero-order chi connectivity index (χ0) is 15.0. The van der Waals surface area contributed by atoms with Crippen LogP contribution in [0.5, 0.6) is 0 Å². The number of ether oxygens (including phenoxy) is 2. The van der Waals surface area contributed by atoms with Gasteiger partial charge in [0.15, 0.2) is 0 Å². The Labute approximate surface area is 114 Å². The molecule has 2 N–H and O–H groups in total. The van der Waals surface area contributed by atoms with Gasteiger partial charge in [0.1, 0.15) is 12.3 Å². The molecule has 7 heteroatoms. The molecule has 0 aromatic heterocycles. The van der Waals surface area contributed by atoms with Crippen molar-refractivity contribution in [1.82, 2.24) is 5.32 Å². The Morgan fingerprint density at radius 2 is 1.90 bits per heavy atom. The first-order chi connectivity index (χ1) is 9.52. The van der Waals surface area contributed by atoms with Crippen LogP contribution in [0, 0.1) is 0 Å². The molecule has 0 atom stereocenters. The van der Waals surface area contributed by atoms with E-state index in [2.05, 4.69) is 4.74 Å². The Balaban J connectivity index is 2.59. The summed E-state index contributed by atoms with van der Waals surface area (Å²) in [5, 5.41) is 10.6. The number of amides is 1. The Hall–Kier alpha value is -2.83. The molecule has 0 spiro atoms. The number of alkyl carbamates (subject to hydrolysis) is 1. The molecule has 1 rings (SSSR count). The lowest BCUT2D eigenvalue weighted by atomic mass is 10.2. The quantitative estimate of drug-likeness (QED) is 0.617. The number of aliphatic carboxylic acids is 1. The Kier molecular flexibility index (Phi) is 5.76. The summed E-state index contributed by atoms with van der Waals surface area (Å²) in [6.45, 7) is -0.00576. The molecule has 1 aromatic rings. The number of benzene rings is 1. The van der Waals surface area contributed by atoms with Crippen LogP contribution in [-0.2, 0) is 25.7 Å². The van der Waals surface area contributed by atoms with Crippen molar-refractivity contribution in [3.63, 3.8) is 0 Å². The average Bonchev–Trinajstić information content (AvgIpc) is 2.44. The molecule has 0 bridgehead atoms. The number of carboxylic acid groups (broad SMARTS) is 1. The molecule has 1 aromatic carbocycles. The molecule has 0 saturated carbocycles. The topological polar surface area (TPSA) is 102 Å². The zero-order valence-electron chi connectivity index (χ0n) is 10.7. The van der Waals surface area contributed by atoms with Crippen molar-refractivity contribution in [2.45, 2.75) is 6.61 Å². The van der Waals surface area contributed by atoms with E-state index in [0.29, 0.717) is 6.08 Å². The van der Waals surface area contributed by atoms with Gasteiger partial charge >= 0.3 is 18.0 Å². The van der Waals surface area contributed by atoms with Gasteiger partial charge in [-0.3, -0.25) is 5.32 Å². The van der Waals surface area contributed by atoms with E-state index < -0.39 is 23.7 Å². The van der Waals surface area contributed by atoms with Crippen molar-refractivity contribution in [2.24, 2.45) is 0 Å². The highest BCUT2D eigenvalue weighted by atomic mass is 16.6. The van der Waals surface area contributed by atoms with Crippen molar-refractivity contribution in [3.05, 3.63) is 47.7 Å². The third kappa shape index (κ3) is 5.21. The van der Waals surface area contributed by atoms with Gasteiger partial charge in [0.25, 0.3) is 0 Å². The van der Waals surface area contributed by atoms with Crippen LogP contribution >= 0.6 is 0 Å². The van der Waals surface area contributed by atoms with Gasteiger partial charge in [0.2, 0.25) is 0 Å². The van der Waals surface area contributed by atoms with E-state index in [4.69, 9.17) is 9.84 Å². The second kappa shape index (κ2) is 7.57. The average molecular weight is 279 g/mol. The van der Waals surface area contributed by atoms with Crippen molar-refractivity contribution in [2.75, 3.05) is 7.11 Å². The van der Waals surface area contributed by atoms with Crippen LogP contribution in [0.15, 0.2) is 42.1 Å². The molecule has 20 heavy (non-hydrogen) atoms. The van der Waals surface area contributed by atoms with E-state index >= 15 is 0 Å². The molecule has 0 aliphatic carbocycles. The summed E-state index contributed by atoms with van der Waals surface area (Å²) in [6.07, 6.45) is -0.429. The largest absolute Gasteiger partial charge is 0.478 e. The lowest BCUT2D eigenvalue weighted by Crippen LogP contribution is -2.29. The zero-order valence-corrected chi connectivity index (χ0v) is 10.7. The molecule has 0 aliphatic heterocycles. The lowest BCUT2D eigenvalue weighted by molar-refractivity contribution is -0.137. The number of methoxy groups -OCH3 is 1. The SMILES string of the molecule is COC(=O)/C(=C/C(=O)O)NC(=O)OCc1ccccc1. The Morgan fingerprint density at radius 3 is 2.45 bits per heavy atom. The highest BCUT2D eigenvalue weighted by Gasteiger charge is 2.15. The Bertz CT molecular complexity index is 523. The first-order valence-electron chi connectivity index (χ1n) is 5.53. The summed E-state index contributed by atoms with van der Waals surface area (Å²) in [5.74, 6) is -2.38. The maximum Gasteiger partial charge on any atom is 0.412 e. The minimum Gasteiger partial charge on any atom is -0.478 e. The molecule has 106 valence electrons. The van der Waals surface area contributed by atoms with Crippen LogP contribution in [0.1, 0.15) is 5.56 Å². The maximum absolute atomic E-state index is 11.5. The second-order valence-corrected chi connectivity index (χ2v) is 3.57. The van der Waals surface area contributed by atoms with Gasteiger partial charge in [-0.1, -0.05) is 30.3 Å². The minimum atomic E-state index is -1.39. The summed E-state index contributed by atoms with van der Waals surface area (Å²) in [4.78, 5) is 33.2. The van der Waals surface area contributed by atoms with Crippen LogP contribution in [-0.4, -0.2) is 30.2 Å². The highest BCUT2D eigenvalue weighted by Crippen LogP contribution is 2.01. The molecular weight excluding hydrogens is 266 g/mol. The molecule has 0 heterocycles. The number of esters is 1. The summed E-state index contributed by atoms with van der Waals surface area (Å²) in [7, 11) is 1.06. The normalized spacial score (nSPS) is 10.6. The number of hydrogen-bond acceptors (Lipinski definition) is 5. The molecular formula is C13H13NO6. The van der Waals surface area contributed by atoms with Crippen LogP contribution in [0.25, 0.3) is 0 Å². The van der Waals surface area contributed by atoms with E-state index in [1.807, 2.05) is 11.4 Å². The van der Waals surface area contributed by atoms with Crippen LogP contribution in [0.3, 0.4) is 0 Å². The van der Waals surface area contributed by atoms with E-state index in [1.54, 1.807) is 24.3 Å². The van der Waals surface area contributed by atoms with Gasteiger partial charge in [-0.2, -0.15) is 0 Å². The predicted octanol–water partition coefficient (Wildman–Crippen LogP) is 1.05. The molecule has 1 amide bonds. The van der Waals surface area contributed by atoms with Crippen LogP contribution in [0.4, 0.5) is 4.79 Å². The van der Waals surface area contributed by atoms with E-state index in [0.717, 1.165) is 12.7 Å². The fraction of sp³-hybridized carbons (Fsp3) is 0.154. The standard InChI is InChI=1S/C13H13NO6/c1-19-12(17)10(7-11(15)16)14-13(18)20-8-9-5-3-2-4-6-9/h2-7H,8H2,1H3,(H,14,18)(H,15,16)/b10-7-. The predicted molar refractivity (Wildman–Crippen MR) is 67.5 cm³/mol. The molecule has 0 radical (unpaired) electrons. The summed E-state index contributed by atoms with van der Waals surface area (Å²) in [5.41, 5.74) is 0.238. The first-order valence-corrected chi connectivity index (χ1v) is 5.53. The third-order valence-corrected chi connectivity index (χ3v) is 2.12. The van der Waals surface area contributed by atoms with E-state index in [1.165, 1.54) is 0 Å².